The van der Waals surface area contributed by atoms with Crippen LogP contribution in [-0.2, 0) is 4.74 Å². The molecule has 0 fully saturated rings. The Labute approximate surface area is 110 Å². The number of rotatable bonds is 2. The van der Waals surface area contributed by atoms with Gasteiger partial charge in [0.2, 0.25) is 0 Å². The number of hydrogen-bond donors (Lipinski definition) is 0. The maximum atomic E-state index is 11.6. The highest BCUT2D eigenvalue weighted by Crippen LogP contribution is 2.26. The molecule has 0 N–H and O–H groups in total. The predicted octanol–water partition coefficient (Wildman–Crippen LogP) is 2.89. The first-order valence-electron chi connectivity index (χ1n) is 5.29. The Balaban J connectivity index is 2.59. The second kappa shape index (κ2) is 5.14. The van der Waals surface area contributed by atoms with Gasteiger partial charge in [-0.25, -0.2) is 9.78 Å². The molecule has 0 aromatic carbocycles. The Bertz CT molecular complexity index is 585. The van der Waals surface area contributed by atoms with Gasteiger partial charge in [0.25, 0.3) is 0 Å². The highest BCUT2D eigenvalue weighted by molar-refractivity contribution is 6.32. The first-order valence-corrected chi connectivity index (χ1v) is 5.67. The van der Waals surface area contributed by atoms with Crippen LogP contribution in [0.25, 0.3) is 11.1 Å². The number of halogens is 1. The van der Waals surface area contributed by atoms with Gasteiger partial charge in [0.05, 0.1) is 12.7 Å². The monoisotopic (exact) mass is 262 g/mol. The molecule has 18 heavy (non-hydrogen) atoms. The molecule has 92 valence electrons. The molecule has 2 aromatic heterocycles. The lowest BCUT2D eigenvalue weighted by molar-refractivity contribution is 0.0600. The van der Waals surface area contributed by atoms with Crippen molar-refractivity contribution in [2.24, 2.45) is 0 Å². The maximum absolute atomic E-state index is 11.6. The number of esters is 1. The molecule has 2 rings (SSSR count). The van der Waals surface area contributed by atoms with Gasteiger partial charge >= 0.3 is 5.97 Å². The van der Waals surface area contributed by atoms with Gasteiger partial charge in [0.15, 0.2) is 0 Å². The lowest BCUT2D eigenvalue weighted by Gasteiger charge is -2.08. The van der Waals surface area contributed by atoms with Crippen molar-refractivity contribution < 1.29 is 9.53 Å². The summed E-state index contributed by atoms with van der Waals surface area (Å²) in [5.41, 5.74) is 2.68. The fraction of sp³-hybridized carbons (Fsp3) is 0.154. The van der Waals surface area contributed by atoms with Crippen molar-refractivity contribution in [3.05, 3.63) is 47.0 Å². The third-order valence-electron chi connectivity index (χ3n) is 2.54. The van der Waals surface area contributed by atoms with E-state index in [4.69, 9.17) is 11.6 Å². The first-order chi connectivity index (χ1) is 8.63. The topological polar surface area (TPSA) is 52.1 Å². The van der Waals surface area contributed by atoms with Crippen molar-refractivity contribution in [1.29, 1.82) is 0 Å². The molecule has 5 heteroatoms. The molecule has 0 radical (unpaired) electrons. The van der Waals surface area contributed by atoms with E-state index >= 15 is 0 Å². The Morgan fingerprint density at radius 1 is 1.44 bits per heavy atom. The van der Waals surface area contributed by atoms with Gasteiger partial charge in [-0.2, -0.15) is 0 Å². The second-order valence-electron chi connectivity index (χ2n) is 3.69. The number of methoxy groups -OCH3 is 1. The van der Waals surface area contributed by atoms with Crippen molar-refractivity contribution in [2.75, 3.05) is 7.11 Å². The summed E-state index contributed by atoms with van der Waals surface area (Å²) >= 11 is 5.94. The summed E-state index contributed by atoms with van der Waals surface area (Å²) in [4.78, 5) is 19.8. The van der Waals surface area contributed by atoms with Gasteiger partial charge in [-0.3, -0.25) is 4.98 Å². The zero-order chi connectivity index (χ0) is 13.1. The molecule has 0 saturated carbocycles. The molecular formula is C13H11ClN2O2. The Morgan fingerprint density at radius 3 is 2.83 bits per heavy atom. The smallest absolute Gasteiger partial charge is 0.341 e. The van der Waals surface area contributed by atoms with Crippen LogP contribution in [0, 0.1) is 6.92 Å². The minimum Gasteiger partial charge on any atom is -0.465 e. The molecule has 0 bridgehead atoms. The van der Waals surface area contributed by atoms with Crippen LogP contribution in [0.4, 0.5) is 0 Å². The van der Waals surface area contributed by atoms with E-state index in [9.17, 15) is 4.79 Å². The largest absolute Gasteiger partial charge is 0.465 e. The van der Waals surface area contributed by atoms with Crippen molar-refractivity contribution in [3.63, 3.8) is 0 Å². The average Bonchev–Trinajstić information content (AvgIpc) is 2.39. The number of pyridine rings is 2. The fourth-order valence-corrected chi connectivity index (χ4v) is 1.90. The summed E-state index contributed by atoms with van der Waals surface area (Å²) in [5.74, 6) is -0.502. The van der Waals surface area contributed by atoms with Crippen LogP contribution in [0.2, 0.25) is 5.15 Å². The quantitative estimate of drug-likeness (QED) is 0.617. The second-order valence-corrected chi connectivity index (χ2v) is 4.05. The van der Waals surface area contributed by atoms with Crippen molar-refractivity contribution in [3.8, 4) is 11.1 Å². The number of carbonyl (C=O) groups excluding carboxylic acids is 1. The number of nitrogens with zero attached hydrogens (tertiary/aromatic N) is 2. The van der Waals surface area contributed by atoms with Crippen LogP contribution in [0.5, 0.6) is 0 Å². The van der Waals surface area contributed by atoms with Gasteiger partial charge < -0.3 is 4.74 Å². The van der Waals surface area contributed by atoms with Gasteiger partial charge in [-0.05, 0) is 19.1 Å². The Hall–Kier alpha value is -1.94. The summed E-state index contributed by atoms with van der Waals surface area (Å²) in [6, 6.07) is 5.39. The van der Waals surface area contributed by atoms with E-state index < -0.39 is 5.97 Å². The van der Waals surface area contributed by atoms with Crippen molar-refractivity contribution in [2.45, 2.75) is 6.92 Å². The molecule has 0 unspecified atom stereocenters. The van der Waals surface area contributed by atoms with Crippen LogP contribution in [0.15, 0.2) is 30.6 Å². The highest BCUT2D eigenvalue weighted by Gasteiger charge is 2.15. The summed E-state index contributed by atoms with van der Waals surface area (Å²) in [6.45, 7) is 1.83. The molecule has 0 aliphatic carbocycles. The summed E-state index contributed by atoms with van der Waals surface area (Å²) in [7, 11) is 1.31. The van der Waals surface area contributed by atoms with Gasteiger partial charge in [-0.1, -0.05) is 17.7 Å². The third-order valence-corrected chi connectivity index (χ3v) is 2.83. The zero-order valence-corrected chi connectivity index (χ0v) is 10.7. The van der Waals surface area contributed by atoms with E-state index in [1.807, 2.05) is 19.1 Å². The standard InChI is InChI=1S/C13H11ClN2O2/c1-8-10(9-4-3-5-15-7-9)6-11(12(14)16-8)13(17)18-2/h3-7H,1-2H3. The molecule has 0 aliphatic rings. The first kappa shape index (κ1) is 12.5. The molecule has 2 heterocycles. The van der Waals surface area contributed by atoms with E-state index in [1.165, 1.54) is 7.11 Å². The van der Waals surface area contributed by atoms with Crippen molar-refractivity contribution >= 4 is 17.6 Å². The number of hydrogen-bond acceptors (Lipinski definition) is 4. The minimum atomic E-state index is -0.502. The third kappa shape index (κ3) is 2.33. The lowest BCUT2D eigenvalue weighted by Crippen LogP contribution is -2.05. The molecular weight excluding hydrogens is 252 g/mol. The number of aryl methyl sites for hydroxylation is 1. The maximum Gasteiger partial charge on any atom is 0.341 e. The molecule has 0 atom stereocenters. The van der Waals surface area contributed by atoms with E-state index in [2.05, 4.69) is 14.7 Å². The van der Waals surface area contributed by atoms with E-state index in [1.54, 1.807) is 18.5 Å². The van der Waals surface area contributed by atoms with Gasteiger partial charge in [0.1, 0.15) is 5.15 Å². The minimum absolute atomic E-state index is 0.145. The zero-order valence-electron chi connectivity index (χ0n) is 9.98. The van der Waals surface area contributed by atoms with Crippen LogP contribution in [0.1, 0.15) is 16.1 Å². The highest BCUT2D eigenvalue weighted by atomic mass is 35.5. The molecule has 4 nitrogen and oxygen atoms in total. The van der Waals surface area contributed by atoms with E-state index in [0.717, 1.165) is 16.8 Å². The average molecular weight is 263 g/mol. The van der Waals surface area contributed by atoms with Crippen LogP contribution < -0.4 is 0 Å². The lowest BCUT2D eigenvalue weighted by atomic mass is 10.0. The van der Waals surface area contributed by atoms with Crippen molar-refractivity contribution in [1.82, 2.24) is 9.97 Å². The van der Waals surface area contributed by atoms with Crippen LogP contribution >= 0.6 is 11.6 Å². The Morgan fingerprint density at radius 2 is 2.22 bits per heavy atom. The summed E-state index contributed by atoms with van der Waals surface area (Å²) < 4.78 is 4.67. The van der Waals surface area contributed by atoms with E-state index in [-0.39, 0.29) is 10.7 Å². The fourth-order valence-electron chi connectivity index (χ4n) is 1.64. The number of carbonyl (C=O) groups is 1. The predicted molar refractivity (Wildman–Crippen MR) is 68.6 cm³/mol. The number of ether oxygens (including phenoxy) is 1. The molecule has 0 spiro atoms. The van der Waals surface area contributed by atoms with E-state index in [0.29, 0.717) is 0 Å². The van der Waals surface area contributed by atoms with Gasteiger partial charge in [0, 0.05) is 29.2 Å². The summed E-state index contributed by atoms with van der Waals surface area (Å²) in [6.07, 6.45) is 3.39. The molecule has 0 aliphatic heterocycles. The number of aromatic nitrogens is 2. The van der Waals surface area contributed by atoms with Gasteiger partial charge in [-0.15, -0.1) is 0 Å². The molecule has 0 amide bonds. The Kier molecular flexibility index (Phi) is 3.58. The normalized spacial score (nSPS) is 10.2. The SMILES string of the molecule is COC(=O)c1cc(-c2cccnc2)c(C)nc1Cl. The molecule has 0 saturated heterocycles. The van der Waals surface area contributed by atoms with Crippen LogP contribution in [0.3, 0.4) is 0 Å². The summed E-state index contributed by atoms with van der Waals surface area (Å²) in [5, 5.41) is 0.145. The van der Waals surface area contributed by atoms with Crippen LogP contribution in [-0.4, -0.2) is 23.0 Å². The molecule has 2 aromatic rings.